The molecule has 17 heteroatoms. The quantitative estimate of drug-likeness (QED) is 0.278. The number of nitrogens with one attached hydrogen (secondary N) is 1. The SMILES string of the molecule is O=C(Nc1ncccc1-n1cnc(Cn2nc(-c3ccc(Cl)cc3)n(C[C@H](O)C(F)(F)F)c2=O)n1)c1ccncn1. The second kappa shape index (κ2) is 11.3. The maximum atomic E-state index is 13.1. The maximum absolute atomic E-state index is 13.1. The molecule has 0 saturated heterocycles. The van der Waals surface area contributed by atoms with Crippen LogP contribution < -0.4 is 11.0 Å². The van der Waals surface area contributed by atoms with Crippen molar-refractivity contribution in [3.05, 3.63) is 94.5 Å². The topological polar surface area (TPSA) is 159 Å². The van der Waals surface area contributed by atoms with Crippen LogP contribution >= 0.6 is 11.6 Å². The molecule has 4 aromatic heterocycles. The Hall–Kier alpha value is -4.96. The van der Waals surface area contributed by atoms with Gasteiger partial charge in [-0.1, -0.05) is 11.6 Å². The number of pyridine rings is 1. The van der Waals surface area contributed by atoms with Gasteiger partial charge in [0.1, 0.15) is 30.6 Å². The molecule has 1 amide bonds. The molecule has 0 saturated carbocycles. The summed E-state index contributed by atoms with van der Waals surface area (Å²) in [5, 5.41) is 21.2. The molecule has 0 spiro atoms. The van der Waals surface area contributed by atoms with Gasteiger partial charge in [-0.2, -0.15) is 13.2 Å². The number of carbonyl (C=O) groups excluding carboxylic acids is 1. The molecule has 0 radical (unpaired) electrons. The summed E-state index contributed by atoms with van der Waals surface area (Å²) < 4.78 is 42.2. The Morgan fingerprint density at radius 2 is 1.83 bits per heavy atom. The lowest BCUT2D eigenvalue weighted by molar-refractivity contribution is -0.207. The summed E-state index contributed by atoms with van der Waals surface area (Å²) in [5.41, 5.74) is -0.175. The standard InChI is InChI=1S/C24H18ClF3N10O3/c25-15-5-3-14(4-6-15)21-35-37(23(41)36(21)10-18(39)24(26,27)28)11-19-32-13-38(34-19)17-2-1-8-30-20(17)33-22(40)16-7-9-29-12-31-16/h1-9,12-13,18,39H,10-11H2,(H,30,33,40)/t18-/m0/s1. The number of aliphatic hydroxyl groups is 1. The van der Waals surface area contributed by atoms with Crippen molar-refractivity contribution in [2.45, 2.75) is 25.4 Å². The van der Waals surface area contributed by atoms with Crippen LogP contribution in [-0.2, 0) is 13.1 Å². The van der Waals surface area contributed by atoms with Gasteiger partial charge in [0.2, 0.25) is 0 Å². The molecule has 0 aliphatic carbocycles. The summed E-state index contributed by atoms with van der Waals surface area (Å²) in [7, 11) is 0. The van der Waals surface area contributed by atoms with Crippen LogP contribution in [0.15, 0.2) is 72.3 Å². The van der Waals surface area contributed by atoms with Gasteiger partial charge < -0.3 is 10.4 Å². The zero-order valence-electron chi connectivity index (χ0n) is 20.6. The van der Waals surface area contributed by atoms with Crippen molar-refractivity contribution in [1.82, 2.24) is 44.1 Å². The first-order chi connectivity index (χ1) is 19.6. The summed E-state index contributed by atoms with van der Waals surface area (Å²) in [6.07, 6.45) is -2.36. The number of carbonyl (C=O) groups is 1. The molecule has 0 aliphatic heterocycles. The number of halogens is 4. The van der Waals surface area contributed by atoms with E-state index in [0.717, 1.165) is 9.25 Å². The van der Waals surface area contributed by atoms with Gasteiger partial charge in [-0.25, -0.2) is 34.1 Å². The molecule has 210 valence electrons. The Morgan fingerprint density at radius 1 is 1.05 bits per heavy atom. The van der Waals surface area contributed by atoms with Crippen LogP contribution in [0.2, 0.25) is 5.02 Å². The van der Waals surface area contributed by atoms with Crippen molar-refractivity contribution in [1.29, 1.82) is 0 Å². The van der Waals surface area contributed by atoms with Gasteiger partial charge in [-0.05, 0) is 42.5 Å². The summed E-state index contributed by atoms with van der Waals surface area (Å²) in [4.78, 5) is 41.7. The summed E-state index contributed by atoms with van der Waals surface area (Å²) in [5.74, 6) is -0.440. The van der Waals surface area contributed by atoms with Crippen molar-refractivity contribution in [3.8, 4) is 17.1 Å². The average molecular weight is 587 g/mol. The Bertz CT molecular complexity index is 1740. The van der Waals surface area contributed by atoms with E-state index in [1.54, 1.807) is 12.1 Å². The minimum atomic E-state index is -4.95. The van der Waals surface area contributed by atoms with E-state index in [0.29, 0.717) is 16.3 Å². The molecule has 41 heavy (non-hydrogen) atoms. The first-order valence-corrected chi connectivity index (χ1v) is 12.1. The molecule has 1 aromatic carbocycles. The van der Waals surface area contributed by atoms with Crippen molar-refractivity contribution in [3.63, 3.8) is 0 Å². The number of aliphatic hydroxyl groups excluding tert-OH is 1. The number of amides is 1. The predicted octanol–water partition coefficient (Wildman–Crippen LogP) is 2.35. The number of hydrogen-bond acceptors (Lipinski definition) is 9. The summed E-state index contributed by atoms with van der Waals surface area (Å²) >= 11 is 5.91. The van der Waals surface area contributed by atoms with Crippen molar-refractivity contribution >= 4 is 23.3 Å². The number of benzene rings is 1. The molecule has 0 bridgehead atoms. The molecule has 5 rings (SSSR count). The largest absolute Gasteiger partial charge is 0.416 e. The zero-order chi connectivity index (χ0) is 29.1. The van der Waals surface area contributed by atoms with Crippen molar-refractivity contribution in [2.75, 3.05) is 5.32 Å². The summed E-state index contributed by atoms with van der Waals surface area (Å²) in [6, 6.07) is 10.6. The van der Waals surface area contributed by atoms with Crippen LogP contribution in [0.3, 0.4) is 0 Å². The molecule has 5 aromatic rings. The average Bonchev–Trinajstić information content (AvgIpc) is 3.54. The molecule has 0 fully saturated rings. The molecular weight excluding hydrogens is 569 g/mol. The normalized spacial score (nSPS) is 12.3. The van der Waals surface area contributed by atoms with Crippen molar-refractivity contribution in [2.24, 2.45) is 0 Å². The minimum Gasteiger partial charge on any atom is -0.382 e. The number of rotatable bonds is 8. The van der Waals surface area contributed by atoms with Crippen LogP contribution in [0.1, 0.15) is 16.3 Å². The highest BCUT2D eigenvalue weighted by Gasteiger charge is 2.39. The van der Waals surface area contributed by atoms with Gasteiger partial charge in [0.05, 0.1) is 6.54 Å². The lowest BCUT2D eigenvalue weighted by atomic mass is 10.2. The van der Waals surface area contributed by atoms with Crippen LogP contribution in [-0.4, -0.2) is 67.4 Å². The van der Waals surface area contributed by atoms with E-state index in [1.807, 2.05) is 0 Å². The van der Waals surface area contributed by atoms with Gasteiger partial charge in [-0.3, -0.25) is 9.36 Å². The van der Waals surface area contributed by atoms with Crippen LogP contribution in [0.4, 0.5) is 19.0 Å². The maximum Gasteiger partial charge on any atom is 0.416 e. The molecule has 2 N–H and O–H groups in total. The van der Waals surface area contributed by atoms with Crippen LogP contribution in [0.5, 0.6) is 0 Å². The van der Waals surface area contributed by atoms with Gasteiger partial charge in [-0.15, -0.1) is 10.2 Å². The Balaban J connectivity index is 1.44. The fourth-order valence-corrected chi connectivity index (χ4v) is 3.82. The Morgan fingerprint density at radius 3 is 2.54 bits per heavy atom. The van der Waals surface area contributed by atoms with E-state index in [-0.39, 0.29) is 29.7 Å². The zero-order valence-corrected chi connectivity index (χ0v) is 21.4. The van der Waals surface area contributed by atoms with E-state index in [1.165, 1.54) is 60.1 Å². The van der Waals surface area contributed by atoms with E-state index in [2.05, 4.69) is 35.5 Å². The monoisotopic (exact) mass is 586 g/mol. The lowest BCUT2D eigenvalue weighted by Crippen LogP contribution is -2.37. The second-order valence-electron chi connectivity index (χ2n) is 8.46. The van der Waals surface area contributed by atoms with Crippen molar-refractivity contribution < 1.29 is 23.1 Å². The van der Waals surface area contributed by atoms with Crippen LogP contribution in [0, 0.1) is 0 Å². The van der Waals surface area contributed by atoms with Gasteiger partial charge in [0, 0.05) is 23.0 Å². The van der Waals surface area contributed by atoms with E-state index < -0.39 is 30.4 Å². The lowest BCUT2D eigenvalue weighted by Gasteiger charge is -2.15. The summed E-state index contributed by atoms with van der Waals surface area (Å²) in [6.45, 7) is -1.39. The van der Waals surface area contributed by atoms with Gasteiger partial charge in [0.25, 0.3) is 5.91 Å². The molecule has 4 heterocycles. The van der Waals surface area contributed by atoms with E-state index in [4.69, 9.17) is 11.6 Å². The third-order valence-electron chi connectivity index (χ3n) is 5.67. The highest BCUT2D eigenvalue weighted by molar-refractivity contribution is 6.30. The predicted molar refractivity (Wildman–Crippen MR) is 137 cm³/mol. The fourth-order valence-electron chi connectivity index (χ4n) is 3.69. The fraction of sp³-hybridized carbons (Fsp3) is 0.167. The number of anilines is 1. The third kappa shape index (κ3) is 6.12. The first kappa shape index (κ1) is 27.6. The molecule has 13 nitrogen and oxygen atoms in total. The smallest absolute Gasteiger partial charge is 0.382 e. The molecular formula is C24H18ClF3N10O3. The van der Waals surface area contributed by atoms with Gasteiger partial charge in [0.15, 0.2) is 23.6 Å². The molecule has 0 aliphatic rings. The molecule has 0 unspecified atom stereocenters. The number of aromatic nitrogens is 9. The second-order valence-corrected chi connectivity index (χ2v) is 8.90. The molecule has 1 atom stereocenters. The highest BCUT2D eigenvalue weighted by atomic mass is 35.5. The van der Waals surface area contributed by atoms with Crippen LogP contribution in [0.25, 0.3) is 17.1 Å². The van der Waals surface area contributed by atoms with E-state index >= 15 is 0 Å². The minimum absolute atomic E-state index is 0.0766. The number of hydrogen-bond donors (Lipinski definition) is 2. The van der Waals surface area contributed by atoms with Gasteiger partial charge >= 0.3 is 11.9 Å². The Kier molecular flexibility index (Phi) is 7.58. The number of nitrogens with zero attached hydrogens (tertiary/aromatic N) is 9. The highest BCUT2D eigenvalue weighted by Crippen LogP contribution is 2.24. The van der Waals surface area contributed by atoms with E-state index in [9.17, 15) is 27.9 Å². The Labute approximate surface area is 232 Å². The third-order valence-corrected chi connectivity index (χ3v) is 5.92. The first-order valence-electron chi connectivity index (χ1n) is 11.7. The number of alkyl halides is 3.